The molecule has 3 rings (SSSR count). The van der Waals surface area contributed by atoms with E-state index in [1.165, 1.54) is 11.8 Å². The third-order valence-electron chi connectivity index (χ3n) is 4.16. The molecule has 0 aliphatic carbocycles. The molecule has 1 aromatic carbocycles. The third kappa shape index (κ3) is 4.30. The fraction of sp³-hybridized carbons (Fsp3) is 0.500. The van der Waals surface area contributed by atoms with E-state index in [2.05, 4.69) is 5.32 Å². The zero-order chi connectivity index (χ0) is 17.2. The molecule has 0 saturated carbocycles. The van der Waals surface area contributed by atoms with Crippen LogP contribution in [-0.4, -0.2) is 49.3 Å². The fourth-order valence-corrected chi connectivity index (χ4v) is 6.40. The van der Waals surface area contributed by atoms with Gasteiger partial charge in [-0.05, 0) is 31.0 Å². The van der Waals surface area contributed by atoms with Gasteiger partial charge >= 0.3 is 0 Å². The average molecular weight is 368 g/mol. The van der Waals surface area contributed by atoms with Crippen molar-refractivity contribution in [1.29, 1.82) is 0 Å². The predicted molar refractivity (Wildman–Crippen MR) is 96.2 cm³/mol. The molecule has 2 aliphatic heterocycles. The molecule has 6 nitrogen and oxygen atoms in total. The van der Waals surface area contributed by atoms with Crippen LogP contribution in [0.2, 0.25) is 0 Å². The lowest BCUT2D eigenvalue weighted by molar-refractivity contribution is -0.117. The van der Waals surface area contributed by atoms with Crippen LogP contribution in [-0.2, 0) is 19.4 Å². The number of hydrogen-bond donors (Lipinski definition) is 1. The lowest BCUT2D eigenvalue weighted by atomic mass is 10.2. The van der Waals surface area contributed by atoms with Crippen molar-refractivity contribution in [3.8, 4) is 0 Å². The number of carbonyl (C=O) groups is 2. The highest BCUT2D eigenvalue weighted by Gasteiger charge is 2.28. The Morgan fingerprint density at radius 3 is 2.88 bits per heavy atom. The Kier molecular flexibility index (Phi) is 5.15. The number of amides is 2. The van der Waals surface area contributed by atoms with Crippen LogP contribution in [0.5, 0.6) is 0 Å². The van der Waals surface area contributed by atoms with E-state index in [-0.39, 0.29) is 34.3 Å². The van der Waals surface area contributed by atoms with Crippen LogP contribution in [0.25, 0.3) is 0 Å². The van der Waals surface area contributed by atoms with E-state index in [9.17, 15) is 18.0 Å². The van der Waals surface area contributed by atoms with Gasteiger partial charge in [0.2, 0.25) is 11.8 Å². The minimum atomic E-state index is -2.91. The second-order valence-electron chi connectivity index (χ2n) is 6.08. The lowest BCUT2D eigenvalue weighted by Gasteiger charge is -2.17. The first-order chi connectivity index (χ1) is 11.4. The van der Waals surface area contributed by atoms with Crippen molar-refractivity contribution in [3.63, 3.8) is 0 Å². The van der Waals surface area contributed by atoms with E-state index >= 15 is 0 Å². The molecule has 1 atom stereocenters. The molecule has 2 amide bonds. The monoisotopic (exact) mass is 368 g/mol. The molecule has 24 heavy (non-hydrogen) atoms. The Balaban J connectivity index is 1.54. The summed E-state index contributed by atoms with van der Waals surface area (Å²) in [6, 6.07) is 7.25. The van der Waals surface area contributed by atoms with Crippen molar-refractivity contribution in [2.75, 3.05) is 34.0 Å². The molecule has 8 heteroatoms. The number of nitrogens with one attached hydrogen (secondary N) is 1. The summed E-state index contributed by atoms with van der Waals surface area (Å²) < 4.78 is 22.8. The van der Waals surface area contributed by atoms with E-state index in [1.54, 1.807) is 17.0 Å². The Labute approximate surface area is 145 Å². The smallest absolute Gasteiger partial charge is 0.234 e. The van der Waals surface area contributed by atoms with Gasteiger partial charge in [0, 0.05) is 29.6 Å². The number of benzene rings is 1. The summed E-state index contributed by atoms with van der Waals surface area (Å²) in [5.74, 6) is 0.564. The quantitative estimate of drug-likeness (QED) is 0.855. The van der Waals surface area contributed by atoms with Crippen molar-refractivity contribution in [2.24, 2.45) is 0 Å². The molecule has 2 saturated heterocycles. The lowest BCUT2D eigenvalue weighted by Crippen LogP contribution is -2.24. The standard InChI is InChI=1S/C16H20N2O4S2/c19-15(10-23-14-6-8-24(21,22)11-14)17-12-3-1-4-13(9-12)18-7-2-5-16(18)20/h1,3-4,9,14H,2,5-8,10-11H2,(H,17,19)/t14-/m1/s1. The Morgan fingerprint density at radius 1 is 1.38 bits per heavy atom. The predicted octanol–water partition coefficient (Wildman–Crippen LogP) is 1.67. The fourth-order valence-electron chi connectivity index (χ4n) is 2.96. The van der Waals surface area contributed by atoms with E-state index in [0.717, 1.165) is 12.1 Å². The summed E-state index contributed by atoms with van der Waals surface area (Å²) >= 11 is 1.39. The number of carbonyl (C=O) groups excluding carboxylic acids is 2. The molecule has 0 unspecified atom stereocenters. The molecular weight excluding hydrogens is 348 g/mol. The van der Waals surface area contributed by atoms with Gasteiger partial charge in [-0.15, -0.1) is 11.8 Å². The van der Waals surface area contributed by atoms with Crippen LogP contribution < -0.4 is 10.2 Å². The molecular formula is C16H20N2O4S2. The van der Waals surface area contributed by atoms with Crippen LogP contribution in [0.1, 0.15) is 19.3 Å². The normalized spacial score (nSPS) is 22.8. The first-order valence-electron chi connectivity index (χ1n) is 7.95. The molecule has 1 aromatic rings. The molecule has 130 valence electrons. The molecule has 2 fully saturated rings. The van der Waals surface area contributed by atoms with Crippen molar-refractivity contribution < 1.29 is 18.0 Å². The second kappa shape index (κ2) is 7.14. The van der Waals surface area contributed by atoms with Gasteiger partial charge in [-0.1, -0.05) is 6.07 Å². The number of hydrogen-bond acceptors (Lipinski definition) is 5. The van der Waals surface area contributed by atoms with Crippen LogP contribution >= 0.6 is 11.8 Å². The van der Waals surface area contributed by atoms with Gasteiger partial charge in [0.1, 0.15) is 0 Å². The summed E-state index contributed by atoms with van der Waals surface area (Å²) in [6.45, 7) is 0.711. The van der Waals surface area contributed by atoms with Crippen molar-refractivity contribution in [1.82, 2.24) is 0 Å². The van der Waals surface area contributed by atoms with Gasteiger partial charge in [-0.25, -0.2) is 8.42 Å². The van der Waals surface area contributed by atoms with Crippen LogP contribution in [0, 0.1) is 0 Å². The maximum atomic E-state index is 12.1. The van der Waals surface area contributed by atoms with Crippen LogP contribution in [0.15, 0.2) is 24.3 Å². The first-order valence-corrected chi connectivity index (χ1v) is 10.8. The van der Waals surface area contributed by atoms with Gasteiger partial charge in [0.15, 0.2) is 9.84 Å². The van der Waals surface area contributed by atoms with Crippen molar-refractivity contribution >= 4 is 44.8 Å². The van der Waals surface area contributed by atoms with Crippen LogP contribution in [0.3, 0.4) is 0 Å². The van der Waals surface area contributed by atoms with E-state index in [1.807, 2.05) is 12.1 Å². The van der Waals surface area contributed by atoms with Gasteiger partial charge < -0.3 is 10.2 Å². The zero-order valence-corrected chi connectivity index (χ0v) is 14.9. The zero-order valence-electron chi connectivity index (χ0n) is 13.2. The Bertz CT molecular complexity index is 748. The van der Waals surface area contributed by atoms with Gasteiger partial charge in [-0.2, -0.15) is 0 Å². The number of rotatable bonds is 5. The maximum absolute atomic E-state index is 12.1. The van der Waals surface area contributed by atoms with E-state index < -0.39 is 9.84 Å². The third-order valence-corrected chi connectivity index (χ3v) is 7.44. The molecule has 0 spiro atoms. The Morgan fingerprint density at radius 2 is 2.21 bits per heavy atom. The summed E-state index contributed by atoms with van der Waals surface area (Å²) in [5, 5.41) is 2.83. The maximum Gasteiger partial charge on any atom is 0.234 e. The summed E-state index contributed by atoms with van der Waals surface area (Å²) in [5.41, 5.74) is 1.45. The van der Waals surface area contributed by atoms with Gasteiger partial charge in [0.05, 0.1) is 17.3 Å². The van der Waals surface area contributed by atoms with Gasteiger partial charge in [-0.3, -0.25) is 9.59 Å². The second-order valence-corrected chi connectivity index (χ2v) is 9.60. The summed E-state index contributed by atoms with van der Waals surface area (Å²) in [4.78, 5) is 25.6. The molecule has 2 heterocycles. The minimum absolute atomic E-state index is 0.00862. The number of nitrogens with zero attached hydrogens (tertiary/aromatic N) is 1. The highest BCUT2D eigenvalue weighted by molar-refractivity contribution is 8.02. The van der Waals surface area contributed by atoms with Crippen molar-refractivity contribution in [2.45, 2.75) is 24.5 Å². The van der Waals surface area contributed by atoms with Gasteiger partial charge in [0.25, 0.3) is 0 Å². The van der Waals surface area contributed by atoms with E-state index in [4.69, 9.17) is 0 Å². The number of thioether (sulfide) groups is 1. The summed E-state index contributed by atoms with van der Waals surface area (Å²) in [6.07, 6.45) is 2.04. The van der Waals surface area contributed by atoms with Crippen molar-refractivity contribution in [3.05, 3.63) is 24.3 Å². The SMILES string of the molecule is O=C(CS[C@@H]1CCS(=O)(=O)C1)Nc1cccc(N2CCCC2=O)c1. The minimum Gasteiger partial charge on any atom is -0.325 e. The number of sulfone groups is 1. The molecule has 0 aromatic heterocycles. The molecule has 2 aliphatic rings. The average Bonchev–Trinajstić information content (AvgIpc) is 3.11. The van der Waals surface area contributed by atoms with E-state index in [0.29, 0.717) is 25.1 Å². The Hall–Kier alpha value is -1.54. The molecule has 0 bridgehead atoms. The largest absolute Gasteiger partial charge is 0.325 e. The highest BCUT2D eigenvalue weighted by Crippen LogP contribution is 2.26. The van der Waals surface area contributed by atoms with Crippen LogP contribution in [0.4, 0.5) is 11.4 Å². The first kappa shape index (κ1) is 17.3. The summed E-state index contributed by atoms with van der Waals surface area (Å²) in [7, 11) is -2.91. The molecule has 0 radical (unpaired) electrons. The topological polar surface area (TPSA) is 83.6 Å². The molecule has 1 N–H and O–H groups in total. The number of anilines is 2. The highest BCUT2D eigenvalue weighted by atomic mass is 32.2.